The van der Waals surface area contributed by atoms with Gasteiger partial charge < -0.3 is 19.7 Å². The second-order valence-corrected chi connectivity index (χ2v) is 7.59. The quantitative estimate of drug-likeness (QED) is 0.594. The van der Waals surface area contributed by atoms with E-state index in [0.717, 1.165) is 17.5 Å². The van der Waals surface area contributed by atoms with Crippen molar-refractivity contribution in [3.8, 4) is 11.5 Å². The third kappa shape index (κ3) is 5.66. The highest BCUT2D eigenvalue weighted by Crippen LogP contribution is 2.31. The molecular formula is C26H26N2O4. The van der Waals surface area contributed by atoms with Gasteiger partial charge in [-0.3, -0.25) is 9.59 Å². The van der Waals surface area contributed by atoms with Crippen molar-refractivity contribution in [2.24, 2.45) is 0 Å². The number of nitrogens with zero attached hydrogens (tertiary/aromatic N) is 1. The molecule has 6 nitrogen and oxygen atoms in total. The summed E-state index contributed by atoms with van der Waals surface area (Å²) in [6.45, 7) is 1.75. The zero-order valence-electron chi connectivity index (χ0n) is 17.8. The number of amides is 2. The molecule has 1 heterocycles. The third-order valence-corrected chi connectivity index (χ3v) is 5.21. The van der Waals surface area contributed by atoms with Crippen LogP contribution in [0, 0.1) is 0 Å². The maximum Gasteiger partial charge on any atom is 0.254 e. The predicted octanol–water partition coefficient (Wildman–Crippen LogP) is 3.46. The number of hydrogen-bond donors (Lipinski definition) is 1. The van der Waals surface area contributed by atoms with Crippen LogP contribution < -0.4 is 14.8 Å². The van der Waals surface area contributed by atoms with E-state index in [1.54, 1.807) is 23.1 Å². The first-order valence-electron chi connectivity index (χ1n) is 10.7. The van der Waals surface area contributed by atoms with E-state index in [2.05, 4.69) is 5.32 Å². The van der Waals surface area contributed by atoms with Crippen LogP contribution in [0.1, 0.15) is 21.5 Å². The highest BCUT2D eigenvalue weighted by molar-refractivity contribution is 5.97. The lowest BCUT2D eigenvalue weighted by atomic mass is 10.1. The van der Waals surface area contributed by atoms with Crippen LogP contribution in [-0.2, 0) is 17.8 Å². The van der Waals surface area contributed by atoms with Gasteiger partial charge in [0.05, 0.1) is 0 Å². The topological polar surface area (TPSA) is 67.9 Å². The van der Waals surface area contributed by atoms with Crippen LogP contribution in [-0.4, -0.2) is 43.0 Å². The zero-order chi connectivity index (χ0) is 22.2. The molecule has 2 amide bonds. The van der Waals surface area contributed by atoms with Gasteiger partial charge >= 0.3 is 0 Å². The minimum absolute atomic E-state index is 0.0308. The minimum atomic E-state index is -0.232. The Hall–Kier alpha value is -3.80. The van der Waals surface area contributed by atoms with E-state index in [0.29, 0.717) is 43.4 Å². The molecule has 164 valence electrons. The van der Waals surface area contributed by atoms with Crippen molar-refractivity contribution in [3.05, 3.63) is 95.6 Å². The van der Waals surface area contributed by atoms with Gasteiger partial charge in [0, 0.05) is 18.7 Å². The van der Waals surface area contributed by atoms with E-state index >= 15 is 0 Å². The number of hydrogen-bond acceptors (Lipinski definition) is 4. The molecule has 3 aromatic rings. The summed E-state index contributed by atoms with van der Waals surface area (Å²) in [7, 11) is 0. The van der Waals surface area contributed by atoms with Crippen molar-refractivity contribution in [1.29, 1.82) is 0 Å². The highest BCUT2D eigenvalue weighted by Gasteiger charge is 2.22. The summed E-state index contributed by atoms with van der Waals surface area (Å²) >= 11 is 0. The summed E-state index contributed by atoms with van der Waals surface area (Å²) in [6.07, 6.45) is 0.737. The van der Waals surface area contributed by atoms with Crippen LogP contribution in [0.4, 0.5) is 0 Å². The number of benzene rings is 3. The van der Waals surface area contributed by atoms with Crippen LogP contribution in [0.15, 0.2) is 78.9 Å². The summed E-state index contributed by atoms with van der Waals surface area (Å²) < 4.78 is 11.2. The molecule has 3 aromatic carbocycles. The summed E-state index contributed by atoms with van der Waals surface area (Å²) in [5.74, 6) is 0.752. The summed E-state index contributed by atoms with van der Waals surface area (Å²) in [4.78, 5) is 27.5. The Morgan fingerprint density at radius 1 is 0.812 bits per heavy atom. The Labute approximate surface area is 187 Å². The first-order chi connectivity index (χ1) is 15.7. The first-order valence-corrected chi connectivity index (χ1v) is 10.7. The average molecular weight is 431 g/mol. The van der Waals surface area contributed by atoms with Crippen molar-refractivity contribution in [1.82, 2.24) is 10.2 Å². The molecule has 6 heteroatoms. The van der Waals surface area contributed by atoms with E-state index in [4.69, 9.17) is 9.47 Å². The Morgan fingerprint density at radius 3 is 2.19 bits per heavy atom. The average Bonchev–Trinajstić information content (AvgIpc) is 2.84. The van der Waals surface area contributed by atoms with Gasteiger partial charge in [-0.2, -0.15) is 0 Å². The van der Waals surface area contributed by atoms with Crippen molar-refractivity contribution < 1.29 is 19.1 Å². The Morgan fingerprint density at radius 2 is 1.47 bits per heavy atom. The Balaban J connectivity index is 1.44. The van der Waals surface area contributed by atoms with Crippen molar-refractivity contribution in [2.75, 3.05) is 26.3 Å². The molecule has 0 radical (unpaired) electrons. The van der Waals surface area contributed by atoms with E-state index < -0.39 is 0 Å². The molecular weight excluding hydrogens is 404 g/mol. The molecule has 0 aliphatic carbocycles. The standard InChI is InChI=1S/C26H26N2O4/c29-25(27-14-13-20-7-3-1-4-8-20)19-28(18-21-9-5-2-6-10-21)26(30)22-11-12-23-24(17-22)32-16-15-31-23/h1-12,17H,13-16,18-19H2,(H,27,29). The van der Waals surface area contributed by atoms with E-state index in [1.165, 1.54) is 0 Å². The smallest absolute Gasteiger partial charge is 0.254 e. The SMILES string of the molecule is O=C(CN(Cc1ccccc1)C(=O)c1ccc2c(c1)OCCO2)NCCc1ccccc1. The van der Waals surface area contributed by atoms with Gasteiger partial charge in [0.15, 0.2) is 11.5 Å². The largest absolute Gasteiger partial charge is 0.486 e. The highest BCUT2D eigenvalue weighted by atomic mass is 16.6. The molecule has 0 unspecified atom stereocenters. The number of fused-ring (bicyclic) bond motifs is 1. The molecule has 0 fully saturated rings. The van der Waals surface area contributed by atoms with E-state index in [1.807, 2.05) is 60.7 Å². The van der Waals surface area contributed by atoms with Gasteiger partial charge in [-0.1, -0.05) is 60.7 Å². The molecule has 0 saturated carbocycles. The van der Waals surface area contributed by atoms with Gasteiger partial charge in [-0.25, -0.2) is 0 Å². The molecule has 0 saturated heterocycles. The second-order valence-electron chi connectivity index (χ2n) is 7.59. The summed E-state index contributed by atoms with van der Waals surface area (Å²) in [5.41, 5.74) is 2.57. The molecule has 1 aliphatic rings. The van der Waals surface area contributed by atoms with Crippen molar-refractivity contribution >= 4 is 11.8 Å². The number of nitrogens with one attached hydrogen (secondary N) is 1. The number of carbonyl (C=O) groups is 2. The molecule has 32 heavy (non-hydrogen) atoms. The van der Waals surface area contributed by atoms with Gasteiger partial charge in [0.2, 0.25) is 5.91 Å². The Bertz CT molecular complexity index is 1050. The fourth-order valence-electron chi connectivity index (χ4n) is 3.58. The maximum absolute atomic E-state index is 13.3. The van der Waals surface area contributed by atoms with Crippen LogP contribution in [0.2, 0.25) is 0 Å². The predicted molar refractivity (Wildman–Crippen MR) is 122 cm³/mol. The van der Waals surface area contributed by atoms with Gasteiger partial charge in [0.1, 0.15) is 19.8 Å². The van der Waals surface area contributed by atoms with Crippen LogP contribution in [0.3, 0.4) is 0 Å². The zero-order valence-corrected chi connectivity index (χ0v) is 17.8. The summed E-state index contributed by atoms with van der Waals surface area (Å²) in [6, 6.07) is 24.7. The number of rotatable bonds is 8. The lowest BCUT2D eigenvalue weighted by Crippen LogP contribution is -2.41. The van der Waals surface area contributed by atoms with Gasteiger partial charge in [-0.05, 0) is 35.7 Å². The maximum atomic E-state index is 13.3. The van der Waals surface area contributed by atoms with E-state index in [-0.39, 0.29) is 18.4 Å². The number of carbonyl (C=O) groups excluding carboxylic acids is 2. The molecule has 4 rings (SSSR count). The first kappa shape index (κ1) is 21.4. The van der Waals surface area contributed by atoms with Crippen LogP contribution >= 0.6 is 0 Å². The molecule has 1 N–H and O–H groups in total. The van der Waals surface area contributed by atoms with Gasteiger partial charge in [-0.15, -0.1) is 0 Å². The molecule has 1 aliphatic heterocycles. The monoisotopic (exact) mass is 430 g/mol. The molecule has 0 atom stereocenters. The lowest BCUT2D eigenvalue weighted by Gasteiger charge is -2.24. The second kappa shape index (κ2) is 10.5. The van der Waals surface area contributed by atoms with Crippen LogP contribution in [0.5, 0.6) is 11.5 Å². The normalized spacial score (nSPS) is 12.1. The molecule has 0 spiro atoms. The van der Waals surface area contributed by atoms with Crippen molar-refractivity contribution in [3.63, 3.8) is 0 Å². The molecule has 0 bridgehead atoms. The summed E-state index contributed by atoms with van der Waals surface area (Å²) in [5, 5.41) is 2.93. The van der Waals surface area contributed by atoms with E-state index in [9.17, 15) is 9.59 Å². The van der Waals surface area contributed by atoms with Gasteiger partial charge in [0.25, 0.3) is 5.91 Å². The van der Waals surface area contributed by atoms with Crippen molar-refractivity contribution in [2.45, 2.75) is 13.0 Å². The fourth-order valence-corrected chi connectivity index (χ4v) is 3.58. The fraction of sp³-hybridized carbons (Fsp3) is 0.231. The molecule has 0 aromatic heterocycles. The van der Waals surface area contributed by atoms with Crippen LogP contribution in [0.25, 0.3) is 0 Å². The minimum Gasteiger partial charge on any atom is -0.486 e. The number of ether oxygens (including phenoxy) is 2. The Kier molecular flexibility index (Phi) is 7.02. The third-order valence-electron chi connectivity index (χ3n) is 5.21. The lowest BCUT2D eigenvalue weighted by molar-refractivity contribution is -0.121.